The van der Waals surface area contributed by atoms with Crippen molar-refractivity contribution in [2.45, 2.75) is 31.8 Å². The molecule has 0 radical (unpaired) electrons. The molecule has 2 atom stereocenters. The second-order valence-corrected chi connectivity index (χ2v) is 3.47. The Kier molecular flexibility index (Phi) is 2.68. The van der Waals surface area contributed by atoms with Crippen molar-refractivity contribution in [1.29, 1.82) is 0 Å². The normalized spacial score (nSPS) is 38.6. The molecule has 0 heterocycles. The molecule has 0 unspecified atom stereocenters. The van der Waals surface area contributed by atoms with Crippen LogP contribution in [0.1, 0.15) is 26.2 Å². The molecule has 2 nitrogen and oxygen atoms in total. The lowest BCUT2D eigenvalue weighted by Gasteiger charge is -2.22. The monoisotopic (exact) mass is 156 g/mol. The Balaban J connectivity index is 2.51. The van der Waals surface area contributed by atoms with Crippen LogP contribution in [0.4, 0.5) is 0 Å². The Morgan fingerprint density at radius 3 is 2.82 bits per heavy atom. The van der Waals surface area contributed by atoms with Crippen LogP contribution in [0.15, 0.2) is 12.2 Å². The maximum atomic E-state index is 9.75. The predicted molar refractivity (Wildman–Crippen MR) is 44.2 cm³/mol. The Morgan fingerprint density at radius 1 is 1.64 bits per heavy atom. The molecule has 1 aliphatic carbocycles. The molecule has 0 aromatic carbocycles. The van der Waals surface area contributed by atoms with Crippen LogP contribution in [0.3, 0.4) is 0 Å². The predicted octanol–water partition coefficient (Wildman–Crippen LogP) is 1.09. The molecule has 64 valence electrons. The fourth-order valence-corrected chi connectivity index (χ4v) is 1.70. The minimum Gasteiger partial charge on any atom is -0.392 e. The summed E-state index contributed by atoms with van der Waals surface area (Å²) in [5, 5.41) is 18.3. The second-order valence-electron chi connectivity index (χ2n) is 3.47. The largest absolute Gasteiger partial charge is 0.392 e. The maximum absolute atomic E-state index is 9.75. The van der Waals surface area contributed by atoms with Gasteiger partial charge in [0.25, 0.3) is 0 Å². The molecule has 0 aliphatic heterocycles. The zero-order chi connectivity index (χ0) is 8.32. The van der Waals surface area contributed by atoms with Crippen molar-refractivity contribution in [3.8, 4) is 0 Å². The highest BCUT2D eigenvalue weighted by Crippen LogP contribution is 2.35. The van der Waals surface area contributed by atoms with E-state index in [-0.39, 0.29) is 12.5 Å². The summed E-state index contributed by atoms with van der Waals surface area (Å²) >= 11 is 0. The van der Waals surface area contributed by atoms with Crippen molar-refractivity contribution in [2.75, 3.05) is 6.61 Å². The first-order valence-corrected chi connectivity index (χ1v) is 4.17. The molecule has 0 bridgehead atoms. The molecule has 2 heteroatoms. The van der Waals surface area contributed by atoms with Gasteiger partial charge in [0, 0.05) is 5.92 Å². The summed E-state index contributed by atoms with van der Waals surface area (Å²) < 4.78 is 0. The van der Waals surface area contributed by atoms with E-state index in [0.717, 1.165) is 19.3 Å². The number of hydrogen-bond acceptors (Lipinski definition) is 2. The zero-order valence-electron chi connectivity index (χ0n) is 6.95. The molecule has 0 aromatic rings. The second kappa shape index (κ2) is 3.37. The van der Waals surface area contributed by atoms with E-state index in [1.807, 2.05) is 13.0 Å². The van der Waals surface area contributed by atoms with Gasteiger partial charge in [-0.15, -0.1) is 0 Å². The molecule has 11 heavy (non-hydrogen) atoms. The quantitative estimate of drug-likeness (QED) is 0.587. The minimum atomic E-state index is -0.536. The van der Waals surface area contributed by atoms with E-state index >= 15 is 0 Å². The van der Waals surface area contributed by atoms with Gasteiger partial charge < -0.3 is 10.2 Å². The van der Waals surface area contributed by atoms with E-state index in [4.69, 9.17) is 5.11 Å². The van der Waals surface area contributed by atoms with Crippen molar-refractivity contribution in [1.82, 2.24) is 0 Å². The summed E-state index contributed by atoms with van der Waals surface area (Å²) in [6.07, 6.45) is 6.65. The van der Waals surface area contributed by atoms with Gasteiger partial charge in [-0.1, -0.05) is 12.2 Å². The third-order valence-corrected chi connectivity index (χ3v) is 2.47. The van der Waals surface area contributed by atoms with E-state index < -0.39 is 5.60 Å². The molecule has 1 fully saturated rings. The molecular weight excluding hydrogens is 140 g/mol. The van der Waals surface area contributed by atoms with Crippen LogP contribution in [-0.2, 0) is 0 Å². The van der Waals surface area contributed by atoms with Crippen LogP contribution >= 0.6 is 0 Å². The average Bonchev–Trinajstić information content (AvgIpc) is 2.25. The highest BCUT2D eigenvalue weighted by Gasteiger charge is 2.34. The van der Waals surface area contributed by atoms with Gasteiger partial charge in [-0.3, -0.25) is 0 Å². The summed E-state index contributed by atoms with van der Waals surface area (Å²) in [6, 6.07) is 0. The minimum absolute atomic E-state index is 0.0760. The van der Waals surface area contributed by atoms with Gasteiger partial charge in [-0.25, -0.2) is 0 Å². The van der Waals surface area contributed by atoms with Crippen molar-refractivity contribution >= 4 is 0 Å². The molecule has 1 rings (SSSR count). The smallest absolute Gasteiger partial charge is 0.0682 e. The number of rotatable bonds is 2. The van der Waals surface area contributed by atoms with Gasteiger partial charge in [-0.05, 0) is 26.2 Å². The Morgan fingerprint density at radius 2 is 2.36 bits per heavy atom. The van der Waals surface area contributed by atoms with Gasteiger partial charge in [0.1, 0.15) is 0 Å². The third-order valence-electron chi connectivity index (χ3n) is 2.47. The Labute approximate surface area is 67.6 Å². The molecule has 1 saturated carbocycles. The third kappa shape index (κ3) is 2.04. The Bertz CT molecular complexity index is 150. The topological polar surface area (TPSA) is 40.5 Å². The standard InChI is InChI=1S/C9H16O2/c1-9(11)6-2-4-8(9)5-3-7-10/h3,5,8,10-11H,2,4,6-7H2,1H3/b5-3+/t8-,9+/m0/s1. The lowest BCUT2D eigenvalue weighted by molar-refractivity contribution is 0.0387. The molecule has 1 aliphatic rings. The van der Waals surface area contributed by atoms with Gasteiger partial charge in [0.2, 0.25) is 0 Å². The van der Waals surface area contributed by atoms with Crippen LogP contribution in [0, 0.1) is 5.92 Å². The maximum Gasteiger partial charge on any atom is 0.0682 e. The lowest BCUT2D eigenvalue weighted by atomic mass is 9.93. The van der Waals surface area contributed by atoms with Crippen LogP contribution in [-0.4, -0.2) is 22.4 Å². The van der Waals surface area contributed by atoms with E-state index in [1.165, 1.54) is 0 Å². The molecule has 0 aromatic heterocycles. The lowest BCUT2D eigenvalue weighted by Crippen LogP contribution is -2.27. The highest BCUT2D eigenvalue weighted by molar-refractivity contribution is 5.01. The highest BCUT2D eigenvalue weighted by atomic mass is 16.3. The van der Waals surface area contributed by atoms with E-state index in [9.17, 15) is 5.11 Å². The molecule has 0 amide bonds. The fraction of sp³-hybridized carbons (Fsp3) is 0.778. The van der Waals surface area contributed by atoms with Crippen molar-refractivity contribution < 1.29 is 10.2 Å². The van der Waals surface area contributed by atoms with Gasteiger partial charge in [0.15, 0.2) is 0 Å². The van der Waals surface area contributed by atoms with Crippen molar-refractivity contribution in [3.63, 3.8) is 0 Å². The SMILES string of the molecule is C[C@@]1(O)CCC[C@H]1/C=C/CO. The summed E-state index contributed by atoms with van der Waals surface area (Å²) in [4.78, 5) is 0. The summed E-state index contributed by atoms with van der Waals surface area (Å²) in [6.45, 7) is 1.94. The molecular formula is C9H16O2. The van der Waals surface area contributed by atoms with E-state index in [1.54, 1.807) is 6.08 Å². The van der Waals surface area contributed by atoms with Crippen LogP contribution in [0.5, 0.6) is 0 Å². The average molecular weight is 156 g/mol. The van der Waals surface area contributed by atoms with Crippen molar-refractivity contribution in [2.24, 2.45) is 5.92 Å². The first-order chi connectivity index (χ1) is 5.17. The molecule has 2 N–H and O–H groups in total. The van der Waals surface area contributed by atoms with E-state index in [2.05, 4.69) is 0 Å². The molecule has 0 saturated heterocycles. The van der Waals surface area contributed by atoms with Crippen molar-refractivity contribution in [3.05, 3.63) is 12.2 Å². The molecule has 0 spiro atoms. The number of hydrogen-bond donors (Lipinski definition) is 2. The summed E-state index contributed by atoms with van der Waals surface area (Å²) in [5.41, 5.74) is -0.536. The number of aliphatic hydroxyl groups excluding tert-OH is 1. The number of aliphatic hydroxyl groups is 2. The van der Waals surface area contributed by atoms with E-state index in [0.29, 0.717) is 0 Å². The van der Waals surface area contributed by atoms with Crippen LogP contribution < -0.4 is 0 Å². The summed E-state index contributed by atoms with van der Waals surface area (Å²) in [5.74, 6) is 0.245. The van der Waals surface area contributed by atoms with Gasteiger partial charge >= 0.3 is 0 Å². The van der Waals surface area contributed by atoms with Gasteiger partial charge in [0.05, 0.1) is 12.2 Å². The summed E-state index contributed by atoms with van der Waals surface area (Å²) in [7, 11) is 0. The van der Waals surface area contributed by atoms with Crippen LogP contribution in [0.25, 0.3) is 0 Å². The zero-order valence-corrected chi connectivity index (χ0v) is 6.95. The van der Waals surface area contributed by atoms with Gasteiger partial charge in [-0.2, -0.15) is 0 Å². The Hall–Kier alpha value is -0.340. The first kappa shape index (κ1) is 8.75. The first-order valence-electron chi connectivity index (χ1n) is 4.17. The van der Waals surface area contributed by atoms with Crippen LogP contribution in [0.2, 0.25) is 0 Å². The fourth-order valence-electron chi connectivity index (χ4n) is 1.70.